The van der Waals surface area contributed by atoms with E-state index in [0.717, 1.165) is 30.4 Å². The summed E-state index contributed by atoms with van der Waals surface area (Å²) in [5.74, 6) is 1.10. The van der Waals surface area contributed by atoms with E-state index in [0.29, 0.717) is 18.3 Å². The zero-order valence-corrected chi connectivity index (χ0v) is 13.8. The summed E-state index contributed by atoms with van der Waals surface area (Å²) in [7, 11) is 0. The fourth-order valence-electron chi connectivity index (χ4n) is 3.83. The molecule has 118 valence electrons. The Hall–Kier alpha value is -1.82. The number of hydrogen-bond acceptors (Lipinski definition) is 2. The number of carbonyl (C=O) groups excluding carboxylic acids is 1. The molecule has 0 heterocycles. The second-order valence-electron chi connectivity index (χ2n) is 7.15. The van der Waals surface area contributed by atoms with Crippen LogP contribution in [0, 0.1) is 28.6 Å². The molecule has 2 rings (SSSR count). The molecule has 2 N–H and O–H groups in total. The van der Waals surface area contributed by atoms with Gasteiger partial charge in [-0.25, -0.2) is 0 Å². The van der Waals surface area contributed by atoms with Crippen LogP contribution in [0.3, 0.4) is 0 Å². The first-order valence-corrected chi connectivity index (χ1v) is 8.14. The minimum atomic E-state index is -0.517. The summed E-state index contributed by atoms with van der Waals surface area (Å²) in [5, 5.41) is 9.08. The van der Waals surface area contributed by atoms with Crippen molar-refractivity contribution in [3.05, 3.63) is 35.4 Å². The molecule has 3 nitrogen and oxygen atoms in total. The number of amides is 1. The molecule has 1 aliphatic rings. The number of rotatable bonds is 4. The van der Waals surface area contributed by atoms with Crippen molar-refractivity contribution in [1.29, 1.82) is 5.26 Å². The highest BCUT2D eigenvalue weighted by Gasteiger charge is 2.45. The first-order valence-electron chi connectivity index (χ1n) is 8.14. The van der Waals surface area contributed by atoms with Gasteiger partial charge in [-0.05, 0) is 48.1 Å². The lowest BCUT2D eigenvalue weighted by atomic mass is 9.59. The topological polar surface area (TPSA) is 66.9 Å². The number of nitrogens with two attached hydrogens (primary N) is 1. The van der Waals surface area contributed by atoms with Gasteiger partial charge in [0.25, 0.3) is 0 Å². The van der Waals surface area contributed by atoms with Gasteiger partial charge < -0.3 is 5.73 Å². The highest BCUT2D eigenvalue weighted by molar-refractivity contribution is 5.82. The minimum Gasteiger partial charge on any atom is -0.369 e. The second-order valence-corrected chi connectivity index (χ2v) is 7.15. The van der Waals surface area contributed by atoms with Crippen LogP contribution in [0.25, 0.3) is 0 Å². The van der Waals surface area contributed by atoms with Crippen LogP contribution in [0.15, 0.2) is 24.3 Å². The first kappa shape index (κ1) is 16.5. The van der Waals surface area contributed by atoms with Crippen LogP contribution in [-0.2, 0) is 11.2 Å². The second kappa shape index (κ2) is 6.52. The molecular formula is C19H26N2O. The van der Waals surface area contributed by atoms with Gasteiger partial charge in [0, 0.05) is 0 Å². The molecule has 3 heteroatoms. The van der Waals surface area contributed by atoms with E-state index in [9.17, 15) is 4.79 Å². The third-order valence-corrected chi connectivity index (χ3v) is 5.55. The summed E-state index contributed by atoms with van der Waals surface area (Å²) in [6.07, 6.45) is 3.23. The van der Waals surface area contributed by atoms with Gasteiger partial charge in [-0.15, -0.1) is 0 Å². The third kappa shape index (κ3) is 3.02. The first-order chi connectivity index (χ1) is 10.4. The lowest BCUT2D eigenvalue weighted by Crippen LogP contribution is -2.44. The van der Waals surface area contributed by atoms with E-state index in [1.807, 2.05) is 25.1 Å². The molecular weight excluding hydrogens is 272 g/mol. The predicted octanol–water partition coefficient (Wildman–Crippen LogP) is 3.78. The monoisotopic (exact) mass is 298 g/mol. The van der Waals surface area contributed by atoms with E-state index >= 15 is 0 Å². The van der Waals surface area contributed by atoms with Crippen molar-refractivity contribution in [2.45, 2.75) is 52.4 Å². The number of nitrogens with zero attached hydrogens (tertiary/aromatic N) is 1. The van der Waals surface area contributed by atoms with Gasteiger partial charge >= 0.3 is 0 Å². The van der Waals surface area contributed by atoms with Gasteiger partial charge in [0.15, 0.2) is 0 Å². The van der Waals surface area contributed by atoms with Gasteiger partial charge in [-0.1, -0.05) is 45.0 Å². The predicted molar refractivity (Wildman–Crippen MR) is 88.0 cm³/mol. The average Bonchev–Trinajstić information content (AvgIpc) is 2.48. The molecule has 1 aromatic rings. The summed E-state index contributed by atoms with van der Waals surface area (Å²) < 4.78 is 0. The lowest BCUT2D eigenvalue weighted by molar-refractivity contribution is -0.130. The van der Waals surface area contributed by atoms with Crippen LogP contribution in [0.2, 0.25) is 0 Å². The quantitative estimate of drug-likeness (QED) is 0.919. The van der Waals surface area contributed by atoms with Gasteiger partial charge in [-0.2, -0.15) is 5.26 Å². The van der Waals surface area contributed by atoms with Crippen molar-refractivity contribution in [1.82, 2.24) is 0 Å². The lowest BCUT2D eigenvalue weighted by Gasteiger charge is -2.44. The van der Waals surface area contributed by atoms with E-state index < -0.39 is 5.41 Å². The van der Waals surface area contributed by atoms with E-state index in [4.69, 9.17) is 11.0 Å². The zero-order chi connectivity index (χ0) is 16.3. The van der Waals surface area contributed by atoms with Crippen molar-refractivity contribution in [2.24, 2.45) is 23.0 Å². The fraction of sp³-hybridized carbons (Fsp3) is 0.579. The van der Waals surface area contributed by atoms with Crippen LogP contribution < -0.4 is 5.73 Å². The Kier molecular flexibility index (Phi) is 4.90. The molecule has 1 fully saturated rings. The van der Waals surface area contributed by atoms with E-state index in [-0.39, 0.29) is 11.8 Å². The molecule has 1 aromatic carbocycles. The minimum absolute atomic E-state index is 0.107. The van der Waals surface area contributed by atoms with E-state index in [1.165, 1.54) is 0 Å². The maximum absolute atomic E-state index is 12.2. The molecule has 0 spiro atoms. The van der Waals surface area contributed by atoms with Gasteiger partial charge in [-0.3, -0.25) is 4.79 Å². The summed E-state index contributed by atoms with van der Waals surface area (Å²) >= 11 is 0. The molecule has 22 heavy (non-hydrogen) atoms. The third-order valence-electron chi connectivity index (χ3n) is 5.55. The van der Waals surface area contributed by atoms with E-state index in [1.54, 1.807) is 0 Å². The highest BCUT2D eigenvalue weighted by Crippen LogP contribution is 2.51. The number of nitriles is 1. The largest absolute Gasteiger partial charge is 0.369 e. The maximum atomic E-state index is 12.2. The van der Waals surface area contributed by atoms with Crippen LogP contribution in [0.4, 0.5) is 0 Å². The Morgan fingerprint density at radius 1 is 1.45 bits per heavy atom. The summed E-state index contributed by atoms with van der Waals surface area (Å²) in [4.78, 5) is 12.2. The Balaban J connectivity index is 2.46. The van der Waals surface area contributed by atoms with Crippen molar-refractivity contribution in [3.8, 4) is 6.07 Å². The molecule has 0 aliphatic heterocycles. The fourth-order valence-corrected chi connectivity index (χ4v) is 3.83. The SMILES string of the molecule is CC(C)C1CCC(C)(C(N)=O)C(c2ccccc2CC#N)C1. The van der Waals surface area contributed by atoms with Crippen molar-refractivity contribution in [3.63, 3.8) is 0 Å². The molecule has 0 bridgehead atoms. The Bertz CT molecular complexity index is 587. The Labute approximate surface area is 133 Å². The van der Waals surface area contributed by atoms with Crippen LogP contribution in [0.1, 0.15) is 57.1 Å². The molecule has 1 aliphatic carbocycles. The van der Waals surface area contributed by atoms with Crippen LogP contribution in [0.5, 0.6) is 0 Å². The number of benzene rings is 1. The molecule has 0 aromatic heterocycles. The summed E-state index contributed by atoms with van der Waals surface area (Å²) in [6, 6.07) is 10.3. The smallest absolute Gasteiger partial charge is 0.223 e. The standard InChI is InChI=1S/C19H26N2O/c1-13(2)15-8-10-19(3,18(21)22)17(12-15)16-7-5-4-6-14(16)9-11-20/h4-7,13,15,17H,8-10,12H2,1-3H3,(H2,21,22). The van der Waals surface area contributed by atoms with Gasteiger partial charge in [0.2, 0.25) is 5.91 Å². The molecule has 3 unspecified atom stereocenters. The number of carbonyl (C=O) groups is 1. The van der Waals surface area contributed by atoms with Crippen molar-refractivity contribution in [2.75, 3.05) is 0 Å². The summed E-state index contributed by atoms with van der Waals surface area (Å²) in [6.45, 7) is 6.49. The maximum Gasteiger partial charge on any atom is 0.223 e. The van der Waals surface area contributed by atoms with E-state index in [2.05, 4.69) is 26.0 Å². The summed E-state index contributed by atoms with van der Waals surface area (Å²) in [5.41, 5.74) is 7.42. The molecule has 1 saturated carbocycles. The van der Waals surface area contributed by atoms with Gasteiger partial charge in [0.1, 0.15) is 0 Å². The van der Waals surface area contributed by atoms with Crippen molar-refractivity contribution >= 4 is 5.91 Å². The normalized spacial score (nSPS) is 28.3. The Morgan fingerprint density at radius 2 is 2.14 bits per heavy atom. The molecule has 1 amide bonds. The molecule has 0 radical (unpaired) electrons. The number of hydrogen-bond donors (Lipinski definition) is 1. The van der Waals surface area contributed by atoms with Crippen LogP contribution >= 0.6 is 0 Å². The van der Waals surface area contributed by atoms with Crippen LogP contribution in [-0.4, -0.2) is 5.91 Å². The van der Waals surface area contributed by atoms with Crippen molar-refractivity contribution < 1.29 is 4.79 Å². The molecule has 3 atom stereocenters. The number of primary amides is 1. The highest BCUT2D eigenvalue weighted by atomic mass is 16.1. The van der Waals surface area contributed by atoms with Gasteiger partial charge in [0.05, 0.1) is 17.9 Å². The molecule has 0 saturated heterocycles. The Morgan fingerprint density at radius 3 is 2.73 bits per heavy atom. The average molecular weight is 298 g/mol. The zero-order valence-electron chi connectivity index (χ0n) is 13.8.